The Morgan fingerprint density at radius 1 is 1.50 bits per heavy atom. The van der Waals surface area contributed by atoms with Gasteiger partial charge in [0.1, 0.15) is 6.10 Å². The minimum absolute atomic E-state index is 0.112. The van der Waals surface area contributed by atoms with Gasteiger partial charge >= 0.3 is 0 Å². The van der Waals surface area contributed by atoms with Crippen LogP contribution in [0.3, 0.4) is 0 Å². The lowest BCUT2D eigenvalue weighted by molar-refractivity contribution is 0.113. The molecule has 0 bridgehead atoms. The number of aliphatic hydroxyl groups is 1. The zero-order valence-electron chi connectivity index (χ0n) is 8.62. The smallest absolute Gasteiger partial charge is 0.104 e. The SMILES string of the molecule is CNC(C(C)C)C(O)c1cc(Br)cs1. The Morgan fingerprint density at radius 3 is 2.50 bits per heavy atom. The Hall–Kier alpha value is 0.1000. The van der Waals surface area contributed by atoms with E-state index in [0.29, 0.717) is 5.92 Å². The molecule has 0 saturated carbocycles. The van der Waals surface area contributed by atoms with E-state index in [9.17, 15) is 5.11 Å². The van der Waals surface area contributed by atoms with Gasteiger partial charge in [0.2, 0.25) is 0 Å². The van der Waals surface area contributed by atoms with Crippen LogP contribution in [0.2, 0.25) is 0 Å². The largest absolute Gasteiger partial charge is 0.386 e. The first-order chi connectivity index (χ1) is 6.56. The molecule has 1 aromatic heterocycles. The molecule has 0 radical (unpaired) electrons. The minimum atomic E-state index is -0.420. The summed E-state index contributed by atoms with van der Waals surface area (Å²) in [7, 11) is 1.89. The molecular weight excluding hydrogens is 262 g/mol. The summed E-state index contributed by atoms with van der Waals surface area (Å²) in [5.74, 6) is 0.413. The van der Waals surface area contributed by atoms with Crippen LogP contribution in [0.5, 0.6) is 0 Å². The average molecular weight is 278 g/mol. The summed E-state index contributed by atoms with van der Waals surface area (Å²) in [5.41, 5.74) is 0. The molecule has 2 nitrogen and oxygen atoms in total. The maximum Gasteiger partial charge on any atom is 0.104 e. The normalized spacial score (nSPS) is 15.9. The summed E-state index contributed by atoms with van der Waals surface area (Å²) >= 11 is 4.97. The molecule has 2 unspecified atom stereocenters. The first kappa shape index (κ1) is 12.2. The van der Waals surface area contributed by atoms with E-state index >= 15 is 0 Å². The van der Waals surface area contributed by atoms with E-state index in [0.717, 1.165) is 9.35 Å². The van der Waals surface area contributed by atoms with Crippen LogP contribution in [0.15, 0.2) is 15.9 Å². The van der Waals surface area contributed by atoms with Gasteiger partial charge in [-0.05, 0) is 35.0 Å². The second kappa shape index (κ2) is 5.26. The van der Waals surface area contributed by atoms with E-state index < -0.39 is 6.10 Å². The number of hydrogen-bond acceptors (Lipinski definition) is 3. The molecule has 2 N–H and O–H groups in total. The molecule has 0 aliphatic heterocycles. The molecule has 0 fully saturated rings. The fraction of sp³-hybridized carbons (Fsp3) is 0.600. The molecule has 0 amide bonds. The van der Waals surface area contributed by atoms with Gasteiger partial charge in [0.25, 0.3) is 0 Å². The van der Waals surface area contributed by atoms with Crippen molar-refractivity contribution >= 4 is 27.3 Å². The van der Waals surface area contributed by atoms with Crippen molar-refractivity contribution in [1.29, 1.82) is 0 Å². The summed E-state index contributed by atoms with van der Waals surface area (Å²) in [4.78, 5) is 1.00. The third-order valence-corrected chi connectivity index (χ3v) is 4.04. The Balaban J connectivity index is 2.77. The van der Waals surface area contributed by atoms with Crippen molar-refractivity contribution in [3.63, 3.8) is 0 Å². The van der Waals surface area contributed by atoms with Gasteiger partial charge in [-0.2, -0.15) is 0 Å². The zero-order chi connectivity index (χ0) is 10.7. The van der Waals surface area contributed by atoms with Crippen LogP contribution in [-0.4, -0.2) is 18.2 Å². The molecule has 0 saturated heterocycles. The van der Waals surface area contributed by atoms with Crippen molar-refractivity contribution in [2.75, 3.05) is 7.05 Å². The van der Waals surface area contributed by atoms with E-state index in [1.165, 1.54) is 0 Å². The van der Waals surface area contributed by atoms with Gasteiger partial charge in [-0.25, -0.2) is 0 Å². The Labute approximate surface area is 97.5 Å². The highest BCUT2D eigenvalue weighted by molar-refractivity contribution is 9.10. The first-order valence-electron chi connectivity index (χ1n) is 4.65. The molecule has 1 heterocycles. The van der Waals surface area contributed by atoms with E-state index in [1.54, 1.807) is 11.3 Å². The quantitative estimate of drug-likeness (QED) is 0.887. The summed E-state index contributed by atoms with van der Waals surface area (Å²) < 4.78 is 1.04. The third-order valence-electron chi connectivity index (χ3n) is 2.27. The molecular formula is C10H16BrNOS. The monoisotopic (exact) mass is 277 g/mol. The Morgan fingerprint density at radius 2 is 2.14 bits per heavy atom. The van der Waals surface area contributed by atoms with Crippen molar-refractivity contribution in [1.82, 2.24) is 5.32 Å². The predicted octanol–water partition coefficient (Wildman–Crippen LogP) is 2.79. The lowest BCUT2D eigenvalue weighted by atomic mass is 9.98. The number of likely N-dealkylation sites (N-methyl/N-ethyl adjacent to an activating group) is 1. The maximum absolute atomic E-state index is 10.1. The van der Waals surface area contributed by atoms with Gasteiger partial charge in [-0.1, -0.05) is 13.8 Å². The van der Waals surface area contributed by atoms with E-state index in [4.69, 9.17) is 0 Å². The number of nitrogens with one attached hydrogen (secondary N) is 1. The molecule has 80 valence electrons. The summed E-state index contributed by atoms with van der Waals surface area (Å²) in [6.45, 7) is 4.21. The molecule has 0 aliphatic rings. The Kier molecular flexibility index (Phi) is 4.57. The second-order valence-electron chi connectivity index (χ2n) is 3.67. The molecule has 2 atom stereocenters. The van der Waals surface area contributed by atoms with Crippen molar-refractivity contribution in [2.45, 2.75) is 26.0 Å². The predicted molar refractivity (Wildman–Crippen MR) is 64.7 cm³/mol. The van der Waals surface area contributed by atoms with Gasteiger partial charge in [0, 0.05) is 20.8 Å². The van der Waals surface area contributed by atoms with Crippen LogP contribution in [0, 0.1) is 5.92 Å². The summed E-state index contributed by atoms with van der Waals surface area (Å²) in [6.07, 6.45) is -0.420. The lowest BCUT2D eigenvalue weighted by Gasteiger charge is -2.25. The van der Waals surface area contributed by atoms with E-state index in [2.05, 4.69) is 35.1 Å². The van der Waals surface area contributed by atoms with Crippen LogP contribution in [0.25, 0.3) is 0 Å². The van der Waals surface area contributed by atoms with Gasteiger partial charge in [-0.3, -0.25) is 0 Å². The number of rotatable bonds is 4. The highest BCUT2D eigenvalue weighted by Gasteiger charge is 2.23. The maximum atomic E-state index is 10.1. The van der Waals surface area contributed by atoms with E-state index in [-0.39, 0.29) is 6.04 Å². The third kappa shape index (κ3) is 2.79. The van der Waals surface area contributed by atoms with Crippen LogP contribution in [0.1, 0.15) is 24.8 Å². The molecule has 1 rings (SSSR count). The molecule has 0 aliphatic carbocycles. The van der Waals surface area contributed by atoms with Crippen LogP contribution in [-0.2, 0) is 0 Å². The Bertz CT molecular complexity index is 287. The minimum Gasteiger partial charge on any atom is -0.386 e. The van der Waals surface area contributed by atoms with Crippen molar-refractivity contribution in [2.24, 2.45) is 5.92 Å². The standard InChI is InChI=1S/C10H16BrNOS/c1-6(2)9(12-3)10(13)8-4-7(11)5-14-8/h4-6,9-10,12-13H,1-3H3. The lowest BCUT2D eigenvalue weighted by Crippen LogP contribution is -2.36. The van der Waals surface area contributed by atoms with Gasteiger partial charge in [0.15, 0.2) is 0 Å². The van der Waals surface area contributed by atoms with Gasteiger partial charge in [0.05, 0.1) is 0 Å². The molecule has 14 heavy (non-hydrogen) atoms. The fourth-order valence-corrected chi connectivity index (χ4v) is 2.99. The van der Waals surface area contributed by atoms with Crippen molar-refractivity contribution < 1.29 is 5.11 Å². The highest BCUT2D eigenvalue weighted by Crippen LogP contribution is 2.29. The second-order valence-corrected chi connectivity index (χ2v) is 5.53. The van der Waals surface area contributed by atoms with Crippen molar-refractivity contribution in [3.05, 3.63) is 20.8 Å². The zero-order valence-corrected chi connectivity index (χ0v) is 11.0. The van der Waals surface area contributed by atoms with E-state index in [1.807, 2.05) is 18.5 Å². The molecule has 0 spiro atoms. The van der Waals surface area contributed by atoms with Gasteiger partial charge in [-0.15, -0.1) is 11.3 Å². The number of hydrogen-bond donors (Lipinski definition) is 2. The van der Waals surface area contributed by atoms with Crippen LogP contribution in [0.4, 0.5) is 0 Å². The summed E-state index contributed by atoms with van der Waals surface area (Å²) in [6, 6.07) is 2.09. The molecule has 4 heteroatoms. The molecule has 1 aromatic rings. The van der Waals surface area contributed by atoms with Crippen LogP contribution >= 0.6 is 27.3 Å². The summed E-state index contributed by atoms with van der Waals surface area (Å²) in [5, 5.41) is 15.2. The highest BCUT2D eigenvalue weighted by atomic mass is 79.9. The average Bonchev–Trinajstić information content (AvgIpc) is 2.52. The first-order valence-corrected chi connectivity index (χ1v) is 6.32. The molecule has 0 aromatic carbocycles. The fourth-order valence-electron chi connectivity index (χ4n) is 1.52. The van der Waals surface area contributed by atoms with Crippen LogP contribution < -0.4 is 5.32 Å². The van der Waals surface area contributed by atoms with Crippen molar-refractivity contribution in [3.8, 4) is 0 Å². The number of aliphatic hydroxyl groups excluding tert-OH is 1. The van der Waals surface area contributed by atoms with Gasteiger partial charge < -0.3 is 10.4 Å². The number of halogens is 1. The number of thiophene rings is 1. The topological polar surface area (TPSA) is 32.3 Å².